The lowest BCUT2D eigenvalue weighted by Crippen LogP contribution is -2.30. The minimum absolute atomic E-state index is 0.0794. The molecule has 1 fully saturated rings. The molecule has 8 heteroatoms. The van der Waals surface area contributed by atoms with Crippen LogP contribution in [0.1, 0.15) is 6.42 Å². The molecule has 0 saturated carbocycles. The predicted molar refractivity (Wildman–Crippen MR) is 69.0 cm³/mol. The van der Waals surface area contributed by atoms with Crippen molar-refractivity contribution >= 4 is 15.7 Å². The van der Waals surface area contributed by atoms with Crippen LogP contribution in [0.4, 0.5) is 5.69 Å². The van der Waals surface area contributed by atoms with Gasteiger partial charge in [0.2, 0.25) is 10.0 Å². The topological polar surface area (TPSA) is 107 Å². The van der Waals surface area contributed by atoms with E-state index in [-0.39, 0.29) is 16.5 Å². The number of hydrogen-bond donors (Lipinski definition) is 1. The zero-order chi connectivity index (χ0) is 14.0. The van der Waals surface area contributed by atoms with Crippen molar-refractivity contribution in [2.75, 3.05) is 19.6 Å². The van der Waals surface area contributed by atoms with E-state index in [4.69, 9.17) is 5.73 Å². The second-order valence-electron chi connectivity index (χ2n) is 4.50. The highest BCUT2D eigenvalue weighted by atomic mass is 32.2. The molecule has 0 spiro atoms. The van der Waals surface area contributed by atoms with Gasteiger partial charge in [0, 0.05) is 25.2 Å². The highest BCUT2D eigenvalue weighted by Crippen LogP contribution is 2.25. The molecule has 1 aliphatic heterocycles. The van der Waals surface area contributed by atoms with E-state index in [9.17, 15) is 18.5 Å². The summed E-state index contributed by atoms with van der Waals surface area (Å²) in [7, 11) is -3.57. The Morgan fingerprint density at radius 3 is 2.47 bits per heavy atom. The lowest BCUT2D eigenvalue weighted by Gasteiger charge is -2.16. The average molecular weight is 285 g/mol. The molecule has 0 radical (unpaired) electrons. The fourth-order valence-corrected chi connectivity index (χ4v) is 3.63. The molecule has 0 aliphatic carbocycles. The smallest absolute Gasteiger partial charge is 0.269 e. The lowest BCUT2D eigenvalue weighted by molar-refractivity contribution is -0.384. The van der Waals surface area contributed by atoms with Crippen LogP contribution < -0.4 is 5.73 Å². The number of rotatable bonds is 4. The third kappa shape index (κ3) is 2.75. The maximum Gasteiger partial charge on any atom is 0.269 e. The highest BCUT2D eigenvalue weighted by Gasteiger charge is 2.31. The van der Waals surface area contributed by atoms with E-state index in [0.29, 0.717) is 19.6 Å². The number of sulfonamides is 1. The maximum atomic E-state index is 12.3. The summed E-state index contributed by atoms with van der Waals surface area (Å²) in [5.41, 5.74) is 5.41. The first-order chi connectivity index (χ1) is 8.95. The van der Waals surface area contributed by atoms with E-state index in [1.54, 1.807) is 0 Å². The summed E-state index contributed by atoms with van der Waals surface area (Å²) in [6, 6.07) is 4.93. The van der Waals surface area contributed by atoms with Crippen LogP contribution in [-0.2, 0) is 10.0 Å². The van der Waals surface area contributed by atoms with Crippen molar-refractivity contribution in [1.29, 1.82) is 0 Å². The molecule has 0 amide bonds. The Labute approximate surface area is 111 Å². The van der Waals surface area contributed by atoms with E-state index >= 15 is 0 Å². The molecule has 0 bridgehead atoms. The van der Waals surface area contributed by atoms with E-state index in [0.717, 1.165) is 6.42 Å². The Bertz CT molecular complexity index is 570. The van der Waals surface area contributed by atoms with Crippen LogP contribution in [0.5, 0.6) is 0 Å². The number of nitrogens with two attached hydrogens (primary N) is 1. The quantitative estimate of drug-likeness (QED) is 0.642. The van der Waals surface area contributed by atoms with E-state index in [2.05, 4.69) is 0 Å². The number of nitrogens with zero attached hydrogens (tertiary/aromatic N) is 2. The molecule has 2 rings (SSSR count). The van der Waals surface area contributed by atoms with Crippen molar-refractivity contribution in [3.05, 3.63) is 34.4 Å². The average Bonchev–Trinajstić information content (AvgIpc) is 2.88. The van der Waals surface area contributed by atoms with Gasteiger partial charge in [-0.05, 0) is 31.0 Å². The Kier molecular flexibility index (Phi) is 3.83. The Morgan fingerprint density at radius 1 is 1.37 bits per heavy atom. The van der Waals surface area contributed by atoms with Crippen LogP contribution in [0.2, 0.25) is 0 Å². The van der Waals surface area contributed by atoms with Crippen molar-refractivity contribution in [3.63, 3.8) is 0 Å². The second-order valence-corrected chi connectivity index (χ2v) is 6.44. The molecule has 1 aromatic rings. The van der Waals surface area contributed by atoms with Crippen LogP contribution in [0, 0.1) is 16.0 Å². The fraction of sp³-hybridized carbons (Fsp3) is 0.455. The standard InChI is InChI=1S/C11H15N3O4S/c12-7-9-5-6-13(8-9)19(17,18)11-3-1-10(2-4-11)14(15)16/h1-4,9H,5-8,12H2. The number of nitro benzene ring substituents is 1. The summed E-state index contributed by atoms with van der Waals surface area (Å²) >= 11 is 0. The molecule has 2 N–H and O–H groups in total. The Balaban J connectivity index is 2.22. The predicted octanol–water partition coefficient (Wildman–Crippen LogP) is 0.564. The van der Waals surface area contributed by atoms with Crippen molar-refractivity contribution < 1.29 is 13.3 Å². The molecule has 1 saturated heterocycles. The zero-order valence-corrected chi connectivity index (χ0v) is 11.0. The SMILES string of the molecule is NCC1CCN(S(=O)(=O)c2ccc([N+](=O)[O-])cc2)C1. The molecule has 1 unspecified atom stereocenters. The summed E-state index contributed by atoms with van der Waals surface area (Å²) in [5, 5.41) is 10.5. The Morgan fingerprint density at radius 2 is 2.00 bits per heavy atom. The van der Waals surface area contributed by atoms with E-state index in [1.807, 2.05) is 0 Å². The van der Waals surface area contributed by atoms with Crippen molar-refractivity contribution in [2.24, 2.45) is 11.7 Å². The van der Waals surface area contributed by atoms with Gasteiger partial charge in [0.05, 0.1) is 9.82 Å². The van der Waals surface area contributed by atoms with Gasteiger partial charge in [-0.2, -0.15) is 4.31 Å². The summed E-state index contributed by atoms with van der Waals surface area (Å²) in [5.74, 6) is 0.188. The van der Waals surface area contributed by atoms with Gasteiger partial charge in [-0.25, -0.2) is 8.42 Å². The molecule has 1 heterocycles. The third-order valence-corrected chi connectivity index (χ3v) is 5.15. The van der Waals surface area contributed by atoms with Crippen LogP contribution in [0.25, 0.3) is 0 Å². The largest absolute Gasteiger partial charge is 0.330 e. The van der Waals surface area contributed by atoms with Gasteiger partial charge in [-0.3, -0.25) is 10.1 Å². The first-order valence-electron chi connectivity index (χ1n) is 5.90. The molecule has 1 atom stereocenters. The monoisotopic (exact) mass is 285 g/mol. The minimum Gasteiger partial charge on any atom is -0.330 e. The zero-order valence-electron chi connectivity index (χ0n) is 10.2. The van der Waals surface area contributed by atoms with Gasteiger partial charge in [-0.15, -0.1) is 0 Å². The van der Waals surface area contributed by atoms with Gasteiger partial charge >= 0.3 is 0 Å². The van der Waals surface area contributed by atoms with Crippen molar-refractivity contribution in [3.8, 4) is 0 Å². The number of benzene rings is 1. The third-order valence-electron chi connectivity index (χ3n) is 3.27. The summed E-state index contributed by atoms with van der Waals surface area (Å²) in [6.07, 6.45) is 0.753. The van der Waals surface area contributed by atoms with Gasteiger partial charge in [0.1, 0.15) is 0 Å². The lowest BCUT2D eigenvalue weighted by atomic mass is 10.1. The molecular weight excluding hydrogens is 270 g/mol. The molecule has 1 aliphatic rings. The van der Waals surface area contributed by atoms with E-state index in [1.165, 1.54) is 28.6 Å². The molecule has 1 aromatic carbocycles. The van der Waals surface area contributed by atoms with Gasteiger partial charge < -0.3 is 5.73 Å². The van der Waals surface area contributed by atoms with E-state index < -0.39 is 14.9 Å². The highest BCUT2D eigenvalue weighted by molar-refractivity contribution is 7.89. The normalized spacial score (nSPS) is 20.6. The van der Waals surface area contributed by atoms with Crippen molar-refractivity contribution in [1.82, 2.24) is 4.31 Å². The minimum atomic E-state index is -3.57. The maximum absolute atomic E-state index is 12.3. The molecule has 104 valence electrons. The summed E-state index contributed by atoms with van der Waals surface area (Å²) < 4.78 is 26.0. The number of hydrogen-bond acceptors (Lipinski definition) is 5. The Hall–Kier alpha value is -1.51. The second kappa shape index (κ2) is 5.24. The number of nitro groups is 1. The molecular formula is C11H15N3O4S. The van der Waals surface area contributed by atoms with Gasteiger partial charge in [0.15, 0.2) is 0 Å². The summed E-state index contributed by atoms with van der Waals surface area (Å²) in [4.78, 5) is 10.1. The fourth-order valence-electron chi connectivity index (χ4n) is 2.10. The first kappa shape index (κ1) is 13.9. The van der Waals surface area contributed by atoms with Crippen molar-refractivity contribution in [2.45, 2.75) is 11.3 Å². The molecule has 0 aromatic heterocycles. The summed E-state index contributed by atoms with van der Waals surface area (Å²) in [6.45, 7) is 1.32. The first-order valence-corrected chi connectivity index (χ1v) is 7.34. The molecule has 19 heavy (non-hydrogen) atoms. The van der Waals surface area contributed by atoms with Crippen LogP contribution in [0.15, 0.2) is 29.2 Å². The van der Waals surface area contributed by atoms with Gasteiger partial charge in [-0.1, -0.05) is 0 Å². The van der Waals surface area contributed by atoms with Gasteiger partial charge in [0.25, 0.3) is 5.69 Å². The number of non-ortho nitro benzene ring substituents is 1. The van der Waals surface area contributed by atoms with Crippen LogP contribution in [0.3, 0.4) is 0 Å². The van der Waals surface area contributed by atoms with Crippen LogP contribution >= 0.6 is 0 Å². The molecule has 7 nitrogen and oxygen atoms in total. The van der Waals surface area contributed by atoms with Crippen LogP contribution in [-0.4, -0.2) is 37.3 Å².